The number of rotatable bonds is 5. The molecule has 4 nitrogen and oxygen atoms in total. The van der Waals surface area contributed by atoms with Crippen molar-refractivity contribution in [3.8, 4) is 0 Å². The molecule has 1 aromatic carbocycles. The summed E-state index contributed by atoms with van der Waals surface area (Å²) in [6.45, 7) is 6.12. The Balaban J connectivity index is 1.82. The molecular weight excluding hydrogens is 288 g/mol. The number of hydrogen-bond donors (Lipinski definition) is 1. The highest BCUT2D eigenvalue weighted by Crippen LogP contribution is 2.18. The van der Waals surface area contributed by atoms with Gasteiger partial charge in [-0.1, -0.05) is 36.8 Å². The molecule has 0 aromatic heterocycles. The van der Waals surface area contributed by atoms with Crippen LogP contribution in [-0.4, -0.2) is 36.3 Å². The summed E-state index contributed by atoms with van der Waals surface area (Å²) >= 11 is 0. The number of aryl methyl sites for hydroxylation is 1. The molecular formula is C19H26N2O2. The van der Waals surface area contributed by atoms with E-state index in [2.05, 4.69) is 5.32 Å². The summed E-state index contributed by atoms with van der Waals surface area (Å²) in [6.07, 6.45) is 5.94. The van der Waals surface area contributed by atoms with Crippen molar-refractivity contribution in [2.45, 2.75) is 33.1 Å². The Kier molecular flexibility index (Phi) is 6.39. The van der Waals surface area contributed by atoms with Crippen LogP contribution in [0, 0.1) is 12.8 Å². The minimum Gasteiger partial charge on any atom is -0.356 e. The number of likely N-dealkylation sites (tertiary alicyclic amines) is 1. The topological polar surface area (TPSA) is 49.4 Å². The van der Waals surface area contributed by atoms with E-state index in [1.54, 1.807) is 6.08 Å². The molecule has 1 aliphatic heterocycles. The summed E-state index contributed by atoms with van der Waals surface area (Å²) < 4.78 is 0. The van der Waals surface area contributed by atoms with Crippen molar-refractivity contribution in [1.29, 1.82) is 0 Å². The predicted molar refractivity (Wildman–Crippen MR) is 92.8 cm³/mol. The van der Waals surface area contributed by atoms with Crippen LogP contribution in [0.1, 0.15) is 37.3 Å². The molecule has 2 rings (SSSR count). The summed E-state index contributed by atoms with van der Waals surface area (Å²) in [5, 5.41) is 2.94. The van der Waals surface area contributed by atoms with Crippen LogP contribution in [-0.2, 0) is 9.59 Å². The molecule has 0 saturated carbocycles. The number of hydrogen-bond acceptors (Lipinski definition) is 2. The number of carbonyl (C=O) groups excluding carboxylic acids is 2. The molecule has 1 N–H and O–H groups in total. The van der Waals surface area contributed by atoms with E-state index >= 15 is 0 Å². The van der Waals surface area contributed by atoms with Crippen LogP contribution in [0.5, 0.6) is 0 Å². The van der Waals surface area contributed by atoms with E-state index in [1.807, 2.05) is 49.1 Å². The van der Waals surface area contributed by atoms with E-state index in [1.165, 1.54) is 5.56 Å². The third-order valence-corrected chi connectivity index (χ3v) is 4.19. The second kappa shape index (κ2) is 8.51. The molecule has 0 atom stereocenters. The Bertz CT molecular complexity index is 572. The van der Waals surface area contributed by atoms with Gasteiger partial charge < -0.3 is 10.2 Å². The zero-order valence-corrected chi connectivity index (χ0v) is 14.0. The fourth-order valence-electron chi connectivity index (χ4n) is 2.80. The molecule has 1 fully saturated rings. The smallest absolute Gasteiger partial charge is 0.246 e. The Morgan fingerprint density at radius 1 is 1.30 bits per heavy atom. The van der Waals surface area contributed by atoms with E-state index in [-0.39, 0.29) is 17.7 Å². The summed E-state index contributed by atoms with van der Waals surface area (Å²) in [4.78, 5) is 26.0. The zero-order chi connectivity index (χ0) is 16.7. The van der Waals surface area contributed by atoms with Gasteiger partial charge in [-0.25, -0.2) is 0 Å². The van der Waals surface area contributed by atoms with Crippen molar-refractivity contribution in [2.24, 2.45) is 5.92 Å². The number of nitrogens with zero attached hydrogens (tertiary/aromatic N) is 1. The minimum atomic E-state index is 0.0268. The standard InChI is InChI=1S/C19H26N2O2/c1-3-11-20-19(23)17-9-12-21(13-10-17)18(22)8-7-16-6-4-5-15(2)14-16/h4-8,14,17H,3,9-13H2,1-2H3,(H,20,23)/b8-7+. The van der Waals surface area contributed by atoms with Gasteiger partial charge in [-0.2, -0.15) is 0 Å². The van der Waals surface area contributed by atoms with Gasteiger partial charge >= 0.3 is 0 Å². The van der Waals surface area contributed by atoms with Gasteiger partial charge in [0, 0.05) is 31.6 Å². The first-order valence-corrected chi connectivity index (χ1v) is 8.41. The zero-order valence-electron chi connectivity index (χ0n) is 14.0. The van der Waals surface area contributed by atoms with Crippen LogP contribution >= 0.6 is 0 Å². The Morgan fingerprint density at radius 3 is 2.70 bits per heavy atom. The molecule has 0 bridgehead atoms. The summed E-state index contributed by atoms with van der Waals surface area (Å²) in [6, 6.07) is 8.06. The maximum absolute atomic E-state index is 12.2. The van der Waals surface area contributed by atoms with E-state index in [9.17, 15) is 9.59 Å². The number of nitrogens with one attached hydrogen (secondary N) is 1. The quantitative estimate of drug-likeness (QED) is 0.850. The monoisotopic (exact) mass is 314 g/mol. The maximum Gasteiger partial charge on any atom is 0.246 e. The Hall–Kier alpha value is -2.10. The SMILES string of the molecule is CCCNC(=O)C1CCN(C(=O)/C=C/c2cccc(C)c2)CC1. The van der Waals surface area contributed by atoms with Crippen LogP contribution < -0.4 is 5.32 Å². The van der Waals surface area contributed by atoms with Crippen LogP contribution in [0.3, 0.4) is 0 Å². The van der Waals surface area contributed by atoms with E-state index in [0.717, 1.165) is 31.4 Å². The first kappa shape index (κ1) is 17.3. The molecule has 1 aromatic rings. The lowest BCUT2D eigenvalue weighted by Gasteiger charge is -2.30. The lowest BCUT2D eigenvalue weighted by Crippen LogP contribution is -2.42. The maximum atomic E-state index is 12.2. The molecule has 0 unspecified atom stereocenters. The second-order valence-corrected chi connectivity index (χ2v) is 6.14. The van der Waals surface area contributed by atoms with Gasteiger partial charge in [0.05, 0.1) is 0 Å². The molecule has 1 heterocycles. The summed E-state index contributed by atoms with van der Waals surface area (Å²) in [5.41, 5.74) is 2.21. The normalized spacial score (nSPS) is 15.8. The molecule has 1 saturated heterocycles. The highest BCUT2D eigenvalue weighted by Gasteiger charge is 2.26. The molecule has 0 spiro atoms. The van der Waals surface area contributed by atoms with Crippen molar-refractivity contribution in [3.63, 3.8) is 0 Å². The van der Waals surface area contributed by atoms with Gasteiger partial charge in [0.25, 0.3) is 0 Å². The van der Waals surface area contributed by atoms with Gasteiger partial charge in [0.1, 0.15) is 0 Å². The summed E-state index contributed by atoms with van der Waals surface area (Å²) in [5.74, 6) is 0.208. The van der Waals surface area contributed by atoms with Crippen molar-refractivity contribution >= 4 is 17.9 Å². The van der Waals surface area contributed by atoms with E-state index in [4.69, 9.17) is 0 Å². The average Bonchev–Trinajstić information content (AvgIpc) is 2.57. The lowest BCUT2D eigenvalue weighted by atomic mass is 9.96. The van der Waals surface area contributed by atoms with Gasteiger partial charge in [0.15, 0.2) is 0 Å². The highest BCUT2D eigenvalue weighted by atomic mass is 16.2. The highest BCUT2D eigenvalue weighted by molar-refractivity contribution is 5.92. The van der Waals surface area contributed by atoms with Crippen LogP contribution in [0.15, 0.2) is 30.3 Å². The molecule has 4 heteroatoms. The molecule has 1 aliphatic rings. The largest absolute Gasteiger partial charge is 0.356 e. The van der Waals surface area contributed by atoms with Crippen LogP contribution in [0.25, 0.3) is 6.08 Å². The second-order valence-electron chi connectivity index (χ2n) is 6.14. The first-order chi connectivity index (χ1) is 11.1. The van der Waals surface area contributed by atoms with Crippen LogP contribution in [0.4, 0.5) is 0 Å². The van der Waals surface area contributed by atoms with Crippen molar-refractivity contribution < 1.29 is 9.59 Å². The van der Waals surface area contributed by atoms with E-state index < -0.39 is 0 Å². The molecule has 0 aliphatic carbocycles. The predicted octanol–water partition coefficient (Wildman–Crippen LogP) is 2.77. The average molecular weight is 314 g/mol. The minimum absolute atomic E-state index is 0.0268. The number of carbonyl (C=O) groups is 2. The fourth-order valence-corrected chi connectivity index (χ4v) is 2.80. The Labute approximate surface area is 138 Å². The lowest BCUT2D eigenvalue weighted by molar-refractivity contribution is -0.132. The molecule has 2 amide bonds. The molecule has 124 valence electrons. The van der Waals surface area contributed by atoms with Crippen molar-refractivity contribution in [3.05, 3.63) is 41.5 Å². The first-order valence-electron chi connectivity index (χ1n) is 8.41. The Morgan fingerprint density at radius 2 is 2.04 bits per heavy atom. The van der Waals surface area contributed by atoms with E-state index in [0.29, 0.717) is 13.1 Å². The summed E-state index contributed by atoms with van der Waals surface area (Å²) in [7, 11) is 0. The van der Waals surface area contributed by atoms with Gasteiger partial charge in [-0.15, -0.1) is 0 Å². The molecule has 23 heavy (non-hydrogen) atoms. The number of benzene rings is 1. The van der Waals surface area contributed by atoms with Crippen molar-refractivity contribution in [1.82, 2.24) is 10.2 Å². The van der Waals surface area contributed by atoms with Crippen molar-refractivity contribution in [2.75, 3.05) is 19.6 Å². The van der Waals surface area contributed by atoms with Crippen LogP contribution in [0.2, 0.25) is 0 Å². The third kappa shape index (κ3) is 5.23. The third-order valence-electron chi connectivity index (χ3n) is 4.19. The van der Waals surface area contributed by atoms with Gasteiger partial charge in [0.2, 0.25) is 11.8 Å². The molecule has 0 radical (unpaired) electrons. The fraction of sp³-hybridized carbons (Fsp3) is 0.474. The number of amides is 2. The van der Waals surface area contributed by atoms with Gasteiger partial charge in [-0.3, -0.25) is 9.59 Å². The number of piperidine rings is 1. The van der Waals surface area contributed by atoms with Gasteiger partial charge in [-0.05, 0) is 37.8 Å².